The summed E-state index contributed by atoms with van der Waals surface area (Å²) in [4.78, 5) is 24.6. The number of sulfonamides is 1. The van der Waals surface area contributed by atoms with Gasteiger partial charge in [-0.05, 0) is 58.1 Å². The van der Waals surface area contributed by atoms with Crippen LogP contribution in [0.25, 0.3) is 0 Å². The van der Waals surface area contributed by atoms with Crippen LogP contribution in [0.3, 0.4) is 0 Å². The van der Waals surface area contributed by atoms with Gasteiger partial charge >= 0.3 is 5.97 Å². The molecule has 1 aliphatic heterocycles. The van der Waals surface area contributed by atoms with Crippen molar-refractivity contribution in [1.29, 1.82) is 0 Å². The van der Waals surface area contributed by atoms with Crippen LogP contribution >= 0.6 is 0 Å². The molecule has 8 heteroatoms. The molecule has 1 aliphatic rings. The number of benzene rings is 1. The zero-order valence-electron chi connectivity index (χ0n) is 17.2. The number of hydrogen-bond donors (Lipinski definition) is 1. The average Bonchev–Trinajstić information content (AvgIpc) is 3.09. The first-order valence-corrected chi connectivity index (χ1v) is 11.1. The third-order valence-electron chi connectivity index (χ3n) is 5.01. The molecule has 0 radical (unpaired) electrons. The van der Waals surface area contributed by atoms with Crippen LogP contribution < -0.4 is 5.32 Å². The molecule has 0 aliphatic carbocycles. The molecule has 1 saturated heterocycles. The maximum atomic E-state index is 13.3. The van der Waals surface area contributed by atoms with E-state index in [2.05, 4.69) is 5.32 Å². The fourth-order valence-corrected chi connectivity index (χ4v) is 5.67. The predicted molar refractivity (Wildman–Crippen MR) is 106 cm³/mol. The molecule has 2 rings (SSSR count). The Balaban J connectivity index is 2.16. The Morgan fingerprint density at radius 2 is 1.86 bits per heavy atom. The molecule has 28 heavy (non-hydrogen) atoms. The van der Waals surface area contributed by atoms with Crippen LogP contribution in [0.2, 0.25) is 0 Å². The monoisotopic (exact) mass is 410 g/mol. The molecule has 7 nitrogen and oxygen atoms in total. The van der Waals surface area contributed by atoms with Gasteiger partial charge in [-0.2, -0.15) is 4.31 Å². The summed E-state index contributed by atoms with van der Waals surface area (Å²) in [6, 6.07) is 2.73. The quantitative estimate of drug-likeness (QED) is 0.696. The van der Waals surface area contributed by atoms with Crippen molar-refractivity contribution in [2.24, 2.45) is 0 Å². The largest absolute Gasteiger partial charge is 0.454 e. The predicted octanol–water partition coefficient (Wildman–Crippen LogP) is 2.22. The standard InChI is InChI=1S/C20H30N2O5S/c1-6-16(5)21-18(23)12-27-20(24)17-8-7-9-22(17)28(25,26)19-14(3)10-13(2)11-15(19)4/h10-11,16-17H,6-9,12H2,1-5H3,(H,21,23). The normalized spacial score (nSPS) is 18.7. The van der Waals surface area contributed by atoms with Crippen LogP contribution in [0.4, 0.5) is 0 Å². The highest BCUT2D eigenvalue weighted by Gasteiger charge is 2.41. The second-order valence-corrected chi connectivity index (χ2v) is 9.31. The number of esters is 1. The van der Waals surface area contributed by atoms with Crippen LogP contribution in [-0.2, 0) is 24.3 Å². The maximum absolute atomic E-state index is 13.3. The van der Waals surface area contributed by atoms with Crippen molar-refractivity contribution in [2.75, 3.05) is 13.2 Å². The molecule has 1 aromatic rings. The summed E-state index contributed by atoms with van der Waals surface area (Å²) in [5.41, 5.74) is 2.30. The Morgan fingerprint density at radius 1 is 1.25 bits per heavy atom. The third-order valence-corrected chi connectivity index (χ3v) is 7.23. The molecule has 1 fully saturated rings. The lowest BCUT2D eigenvalue weighted by Gasteiger charge is -2.24. The maximum Gasteiger partial charge on any atom is 0.324 e. The van der Waals surface area contributed by atoms with E-state index in [1.807, 2.05) is 32.9 Å². The second kappa shape index (κ2) is 9.05. The molecule has 0 saturated carbocycles. The summed E-state index contributed by atoms with van der Waals surface area (Å²) in [5.74, 6) is -1.07. The van der Waals surface area contributed by atoms with E-state index >= 15 is 0 Å². The van der Waals surface area contributed by atoms with Crippen molar-refractivity contribution in [2.45, 2.75) is 70.9 Å². The zero-order chi connectivity index (χ0) is 21.1. The molecule has 1 heterocycles. The molecule has 2 atom stereocenters. The van der Waals surface area contributed by atoms with E-state index in [0.29, 0.717) is 24.0 Å². The highest BCUT2D eigenvalue weighted by atomic mass is 32.2. The number of rotatable bonds is 7. The average molecular weight is 411 g/mol. The summed E-state index contributed by atoms with van der Waals surface area (Å²) >= 11 is 0. The molecule has 1 N–H and O–H groups in total. The third kappa shape index (κ3) is 4.91. The summed E-state index contributed by atoms with van der Waals surface area (Å²) in [7, 11) is -3.84. The molecule has 1 amide bonds. The molecule has 1 aromatic carbocycles. The topological polar surface area (TPSA) is 92.8 Å². The van der Waals surface area contributed by atoms with Gasteiger partial charge < -0.3 is 10.1 Å². The number of nitrogens with zero attached hydrogens (tertiary/aromatic N) is 1. The van der Waals surface area contributed by atoms with Crippen molar-refractivity contribution in [3.63, 3.8) is 0 Å². The van der Waals surface area contributed by atoms with Gasteiger partial charge in [-0.3, -0.25) is 9.59 Å². The summed E-state index contributed by atoms with van der Waals surface area (Å²) in [6.45, 7) is 9.08. The molecule has 0 aromatic heterocycles. The Labute approximate surface area is 167 Å². The van der Waals surface area contributed by atoms with E-state index in [0.717, 1.165) is 12.0 Å². The van der Waals surface area contributed by atoms with Crippen LogP contribution in [0.15, 0.2) is 17.0 Å². The molecule has 0 spiro atoms. The molecule has 156 valence electrons. The van der Waals surface area contributed by atoms with E-state index < -0.39 is 28.6 Å². The Kier molecular flexibility index (Phi) is 7.22. The fourth-order valence-electron chi connectivity index (χ4n) is 3.61. The summed E-state index contributed by atoms with van der Waals surface area (Å²) < 4.78 is 32.9. The van der Waals surface area contributed by atoms with E-state index in [9.17, 15) is 18.0 Å². The number of amides is 1. The lowest BCUT2D eigenvalue weighted by Crippen LogP contribution is -2.43. The molecular weight excluding hydrogens is 380 g/mol. The first-order chi connectivity index (χ1) is 13.1. The summed E-state index contributed by atoms with van der Waals surface area (Å²) in [6.07, 6.45) is 1.72. The minimum Gasteiger partial charge on any atom is -0.454 e. The first-order valence-electron chi connectivity index (χ1n) is 9.63. The van der Waals surface area contributed by atoms with Crippen LogP contribution in [0, 0.1) is 20.8 Å². The van der Waals surface area contributed by atoms with Crippen LogP contribution in [-0.4, -0.2) is 49.8 Å². The lowest BCUT2D eigenvalue weighted by molar-refractivity contribution is -0.151. The Hall–Kier alpha value is -1.93. The van der Waals surface area contributed by atoms with Gasteiger partial charge in [0.05, 0.1) is 4.90 Å². The first kappa shape index (κ1) is 22.4. The van der Waals surface area contributed by atoms with Crippen molar-refractivity contribution in [3.8, 4) is 0 Å². The van der Waals surface area contributed by atoms with Gasteiger partial charge in [0.1, 0.15) is 6.04 Å². The Morgan fingerprint density at radius 3 is 2.43 bits per heavy atom. The van der Waals surface area contributed by atoms with E-state index in [1.165, 1.54) is 4.31 Å². The second-order valence-electron chi connectivity index (χ2n) is 7.49. The minimum atomic E-state index is -3.84. The number of hydrogen-bond acceptors (Lipinski definition) is 5. The SMILES string of the molecule is CCC(C)NC(=O)COC(=O)C1CCCN1S(=O)(=O)c1c(C)cc(C)cc1C. The molecular formula is C20H30N2O5S. The van der Waals surface area contributed by atoms with Gasteiger partial charge in [0.15, 0.2) is 6.61 Å². The van der Waals surface area contributed by atoms with Crippen molar-refractivity contribution in [1.82, 2.24) is 9.62 Å². The Bertz CT molecular complexity index is 827. The van der Waals surface area contributed by atoms with Crippen LogP contribution in [0.5, 0.6) is 0 Å². The van der Waals surface area contributed by atoms with E-state index in [-0.39, 0.29) is 23.4 Å². The minimum absolute atomic E-state index is 0.0120. The fraction of sp³-hybridized carbons (Fsp3) is 0.600. The van der Waals surface area contributed by atoms with Gasteiger partial charge in [0.2, 0.25) is 10.0 Å². The van der Waals surface area contributed by atoms with E-state index in [4.69, 9.17) is 4.74 Å². The van der Waals surface area contributed by atoms with Gasteiger partial charge in [-0.15, -0.1) is 0 Å². The summed E-state index contributed by atoms with van der Waals surface area (Å²) in [5, 5.41) is 2.71. The smallest absolute Gasteiger partial charge is 0.324 e. The number of nitrogens with one attached hydrogen (secondary N) is 1. The van der Waals surface area contributed by atoms with Crippen molar-refractivity contribution >= 4 is 21.9 Å². The van der Waals surface area contributed by atoms with Gasteiger partial charge in [0.25, 0.3) is 5.91 Å². The number of ether oxygens (including phenoxy) is 1. The zero-order valence-corrected chi connectivity index (χ0v) is 18.1. The number of carbonyl (C=O) groups is 2. The number of aryl methyl sites for hydroxylation is 3. The lowest BCUT2D eigenvalue weighted by atomic mass is 10.1. The van der Waals surface area contributed by atoms with Crippen molar-refractivity contribution < 1.29 is 22.7 Å². The highest BCUT2D eigenvalue weighted by Crippen LogP contribution is 2.31. The molecule has 0 bridgehead atoms. The van der Waals surface area contributed by atoms with Gasteiger partial charge in [-0.1, -0.05) is 24.6 Å². The van der Waals surface area contributed by atoms with Gasteiger partial charge in [0, 0.05) is 12.6 Å². The molecule has 2 unspecified atom stereocenters. The van der Waals surface area contributed by atoms with Gasteiger partial charge in [-0.25, -0.2) is 8.42 Å². The van der Waals surface area contributed by atoms with E-state index in [1.54, 1.807) is 13.8 Å². The van der Waals surface area contributed by atoms with Crippen LogP contribution in [0.1, 0.15) is 49.8 Å². The van der Waals surface area contributed by atoms with Crippen molar-refractivity contribution in [3.05, 3.63) is 28.8 Å². The number of carbonyl (C=O) groups excluding carboxylic acids is 2. The highest BCUT2D eigenvalue weighted by molar-refractivity contribution is 7.89.